The van der Waals surface area contributed by atoms with Crippen molar-refractivity contribution in [3.8, 4) is 43.1 Å². The number of fused-ring (bicyclic) bond motifs is 11. The highest BCUT2D eigenvalue weighted by molar-refractivity contribution is 7.20. The number of hydrogen-bond donors (Lipinski definition) is 0. The number of nitrogens with zero attached hydrogens (tertiary/aromatic N) is 4. The smallest absolute Gasteiger partial charge is 0.252 e. The predicted octanol–water partition coefficient (Wildman–Crippen LogP) is 14.9. The second-order valence-electron chi connectivity index (χ2n) is 20.7. The molecule has 11 aromatic carbocycles. The van der Waals surface area contributed by atoms with E-state index in [1.54, 1.807) is 0 Å². The third kappa shape index (κ3) is 6.06. The third-order valence-electron chi connectivity index (χ3n) is 16.7. The van der Waals surface area contributed by atoms with Crippen LogP contribution in [0.4, 0.5) is 68.2 Å². The van der Waals surface area contributed by atoms with Gasteiger partial charge in [-0.2, -0.15) is 0 Å². The molecule has 7 heteroatoms. The van der Waals surface area contributed by atoms with Crippen LogP contribution in [0.2, 0.25) is 0 Å². The number of thiophene rings is 1. The highest BCUT2D eigenvalue weighted by Crippen LogP contribution is 2.65. The zero-order valence-electron chi connectivity index (χ0n) is 41.8. The molecule has 0 saturated heterocycles. The maximum atomic E-state index is 2.71. The SMILES string of the molecule is c1ccc(-c2ccc3c(c2)B2c4ccc5c6c4N(c4cccc(c42)N3c2ccccc2)c2c(-c3ccccc3)sc(-c3ccccc3)c2N6c2cccc3c2B5c2ccc(-c4ccccc4)cc2N3c2ccccc2)cc1. The van der Waals surface area contributed by atoms with E-state index in [-0.39, 0.29) is 13.4 Å². The summed E-state index contributed by atoms with van der Waals surface area (Å²) in [6.07, 6.45) is 0. The Bertz CT molecular complexity index is 4360. The third-order valence-corrected chi connectivity index (χ3v) is 18.0. The van der Waals surface area contributed by atoms with Crippen molar-refractivity contribution in [1.29, 1.82) is 0 Å². The molecule has 5 aliphatic heterocycles. The molecule has 0 N–H and O–H groups in total. The molecule has 0 amide bonds. The van der Waals surface area contributed by atoms with Gasteiger partial charge in [-0.3, -0.25) is 0 Å². The van der Waals surface area contributed by atoms with Gasteiger partial charge in [0.15, 0.2) is 0 Å². The lowest BCUT2D eigenvalue weighted by Gasteiger charge is -2.51. The van der Waals surface area contributed by atoms with E-state index in [0.29, 0.717) is 0 Å². The maximum absolute atomic E-state index is 2.71. The van der Waals surface area contributed by atoms with Crippen molar-refractivity contribution in [2.45, 2.75) is 0 Å². The van der Waals surface area contributed by atoms with E-state index in [0.717, 1.165) is 11.4 Å². The first kappa shape index (κ1) is 42.8. The summed E-state index contributed by atoms with van der Waals surface area (Å²) in [5.74, 6) is 0. The molecule has 5 aliphatic rings. The predicted molar refractivity (Wildman–Crippen MR) is 328 cm³/mol. The van der Waals surface area contributed by atoms with Crippen LogP contribution in [0.1, 0.15) is 0 Å². The molecule has 17 rings (SSSR count). The van der Waals surface area contributed by atoms with Gasteiger partial charge in [-0.25, -0.2) is 0 Å². The van der Waals surface area contributed by atoms with Crippen LogP contribution in [0.15, 0.2) is 267 Å². The Balaban J connectivity index is 1.01. The van der Waals surface area contributed by atoms with E-state index in [2.05, 4.69) is 287 Å². The molecular weight excluding hydrogens is 950 g/mol. The van der Waals surface area contributed by atoms with E-state index in [1.165, 1.54) is 133 Å². The highest BCUT2D eigenvalue weighted by Gasteiger charge is 2.53. The van der Waals surface area contributed by atoms with Gasteiger partial charge in [0.1, 0.15) is 0 Å². The summed E-state index contributed by atoms with van der Waals surface area (Å²) >= 11 is 1.92. The summed E-state index contributed by atoms with van der Waals surface area (Å²) in [5.41, 5.74) is 29.6. The van der Waals surface area contributed by atoms with Gasteiger partial charge < -0.3 is 19.6 Å². The summed E-state index contributed by atoms with van der Waals surface area (Å²) in [6.45, 7) is -0.126. The fourth-order valence-corrected chi connectivity index (χ4v) is 14.9. The van der Waals surface area contributed by atoms with Crippen molar-refractivity contribution >= 4 is 126 Å². The molecule has 356 valence electrons. The summed E-state index contributed by atoms with van der Waals surface area (Å²) in [6, 6.07) is 99.5. The average Bonchev–Trinajstić information content (AvgIpc) is 4.14. The molecule has 12 aromatic rings. The first-order chi connectivity index (χ1) is 38.3. The van der Waals surface area contributed by atoms with Crippen LogP contribution in [0.25, 0.3) is 43.1 Å². The topological polar surface area (TPSA) is 13.0 Å². The Morgan fingerprint density at radius 3 is 1.09 bits per heavy atom. The Kier molecular flexibility index (Phi) is 9.15. The lowest BCUT2D eigenvalue weighted by Crippen LogP contribution is -2.65. The van der Waals surface area contributed by atoms with Gasteiger partial charge in [-0.15, -0.1) is 11.3 Å². The van der Waals surface area contributed by atoms with Crippen molar-refractivity contribution in [3.05, 3.63) is 267 Å². The molecule has 0 unspecified atom stereocenters. The van der Waals surface area contributed by atoms with Gasteiger partial charge in [0.05, 0.1) is 32.5 Å². The first-order valence-corrected chi connectivity index (χ1v) is 27.5. The van der Waals surface area contributed by atoms with E-state index in [9.17, 15) is 0 Å². The monoisotopic (exact) mass is 994 g/mol. The zero-order valence-corrected chi connectivity index (χ0v) is 42.6. The van der Waals surface area contributed by atoms with E-state index >= 15 is 0 Å². The lowest BCUT2D eigenvalue weighted by molar-refractivity contribution is 1.18. The minimum absolute atomic E-state index is 0.0574. The Hall–Kier alpha value is -9.55. The minimum Gasteiger partial charge on any atom is -0.311 e. The Morgan fingerprint density at radius 1 is 0.234 bits per heavy atom. The number of anilines is 12. The molecule has 0 atom stereocenters. The Morgan fingerprint density at radius 2 is 0.610 bits per heavy atom. The van der Waals surface area contributed by atoms with Gasteiger partial charge in [-0.05, 0) is 127 Å². The quantitative estimate of drug-likeness (QED) is 0.154. The molecule has 0 spiro atoms. The molecule has 0 radical (unpaired) electrons. The molecule has 77 heavy (non-hydrogen) atoms. The zero-order chi connectivity index (χ0) is 50.3. The van der Waals surface area contributed by atoms with E-state index in [1.807, 2.05) is 11.3 Å². The summed E-state index contributed by atoms with van der Waals surface area (Å²) in [7, 11) is 0. The summed E-state index contributed by atoms with van der Waals surface area (Å²) in [5, 5.41) is 0. The van der Waals surface area contributed by atoms with Gasteiger partial charge in [0.2, 0.25) is 0 Å². The fraction of sp³-hybridized carbons (Fsp3) is 0. The molecule has 0 saturated carbocycles. The van der Waals surface area contributed by atoms with Crippen LogP contribution < -0.4 is 52.4 Å². The summed E-state index contributed by atoms with van der Waals surface area (Å²) in [4.78, 5) is 13.0. The van der Waals surface area contributed by atoms with Crippen LogP contribution in [0.5, 0.6) is 0 Å². The van der Waals surface area contributed by atoms with Crippen molar-refractivity contribution in [3.63, 3.8) is 0 Å². The summed E-state index contributed by atoms with van der Waals surface area (Å²) < 4.78 is 0. The normalized spacial score (nSPS) is 13.6. The van der Waals surface area contributed by atoms with E-state index in [4.69, 9.17) is 0 Å². The molecule has 1 aromatic heterocycles. The van der Waals surface area contributed by atoms with Gasteiger partial charge >= 0.3 is 0 Å². The maximum Gasteiger partial charge on any atom is 0.252 e. The van der Waals surface area contributed by atoms with Gasteiger partial charge in [0.25, 0.3) is 13.4 Å². The largest absolute Gasteiger partial charge is 0.311 e. The van der Waals surface area contributed by atoms with E-state index < -0.39 is 0 Å². The van der Waals surface area contributed by atoms with Crippen LogP contribution in [0.3, 0.4) is 0 Å². The van der Waals surface area contributed by atoms with Gasteiger partial charge in [-0.1, -0.05) is 206 Å². The standard InChI is InChI=1S/C70H44B2N4S/c1-7-21-45(22-8-1)49-38-42-57-56(43-49)72-55-41-40-54-65-66(55)76(61-36-19-33-58(64(61)72)73(57)51-29-15-5-16-30-51)68-67(69(47-25-11-3-12-26-47)77-70(68)48-27-13-4-14-28-48)75(65)60-35-20-34-59-63(60)71(54)53-39-37-50(46-23-9-2-10-24-46)44-62(53)74(59)52-31-17-6-18-32-52/h1-44H. The Labute approximate surface area is 452 Å². The van der Waals surface area contributed by atoms with Crippen molar-refractivity contribution in [2.75, 3.05) is 19.6 Å². The lowest BCUT2D eigenvalue weighted by atomic mass is 9.31. The number of rotatable bonds is 6. The van der Waals surface area contributed by atoms with Crippen LogP contribution >= 0.6 is 11.3 Å². The average molecular weight is 995 g/mol. The molecule has 0 bridgehead atoms. The second-order valence-corrected chi connectivity index (χ2v) is 21.7. The first-order valence-electron chi connectivity index (χ1n) is 26.7. The van der Waals surface area contributed by atoms with Crippen LogP contribution in [-0.4, -0.2) is 13.4 Å². The van der Waals surface area contributed by atoms with Gasteiger partial charge in [0, 0.05) is 45.5 Å². The number of para-hydroxylation sites is 2. The molecular formula is C70H44B2N4S. The van der Waals surface area contributed by atoms with Crippen molar-refractivity contribution in [1.82, 2.24) is 0 Å². The number of benzene rings is 11. The van der Waals surface area contributed by atoms with Crippen LogP contribution in [0, 0.1) is 0 Å². The van der Waals surface area contributed by atoms with Crippen molar-refractivity contribution < 1.29 is 0 Å². The fourth-order valence-electron chi connectivity index (χ4n) is 13.6. The second kappa shape index (κ2) is 16.5. The minimum atomic E-state index is -0.0689. The molecule has 6 heterocycles. The van der Waals surface area contributed by atoms with Crippen molar-refractivity contribution in [2.24, 2.45) is 0 Å². The molecule has 0 fully saturated rings. The molecule has 4 nitrogen and oxygen atoms in total. The number of hydrogen-bond acceptors (Lipinski definition) is 5. The van der Waals surface area contributed by atoms with Crippen LogP contribution in [-0.2, 0) is 0 Å². The molecule has 0 aliphatic carbocycles. The highest BCUT2D eigenvalue weighted by atomic mass is 32.1.